The van der Waals surface area contributed by atoms with Gasteiger partial charge in [0.25, 0.3) is 0 Å². The predicted octanol–water partition coefficient (Wildman–Crippen LogP) is 2.38. The normalized spacial score (nSPS) is 20.9. The summed E-state index contributed by atoms with van der Waals surface area (Å²) >= 11 is 0. The van der Waals surface area contributed by atoms with Crippen LogP contribution in [0.25, 0.3) is 0 Å². The number of carbonyl (C=O) groups excluding carboxylic acids is 1. The van der Waals surface area contributed by atoms with Crippen LogP contribution in [0.1, 0.15) is 38.4 Å². The SMILES string of the molecule is CCC(C)N1CC(C(O)c2ccc(OC)c(OC)c2)CC1=O. The van der Waals surface area contributed by atoms with Crippen molar-refractivity contribution in [1.82, 2.24) is 4.90 Å². The molecule has 1 saturated heterocycles. The molecular formula is C17H25NO4. The summed E-state index contributed by atoms with van der Waals surface area (Å²) in [5.74, 6) is 1.25. The molecule has 5 nitrogen and oxygen atoms in total. The van der Waals surface area contributed by atoms with Gasteiger partial charge in [0.05, 0.1) is 20.3 Å². The maximum absolute atomic E-state index is 12.1. The van der Waals surface area contributed by atoms with E-state index in [1.165, 1.54) is 0 Å². The van der Waals surface area contributed by atoms with Crippen molar-refractivity contribution >= 4 is 5.91 Å². The molecule has 1 heterocycles. The van der Waals surface area contributed by atoms with Gasteiger partial charge >= 0.3 is 0 Å². The van der Waals surface area contributed by atoms with Gasteiger partial charge in [-0.2, -0.15) is 0 Å². The Hall–Kier alpha value is -1.75. The standard InChI is InChI=1S/C17H25NO4/c1-5-11(2)18-10-13(9-16(18)19)17(20)12-6-7-14(21-3)15(8-12)22-4/h6-8,11,13,17,20H,5,9-10H2,1-4H3. The smallest absolute Gasteiger partial charge is 0.223 e. The Morgan fingerprint density at radius 2 is 2.00 bits per heavy atom. The van der Waals surface area contributed by atoms with Gasteiger partial charge in [0.15, 0.2) is 11.5 Å². The number of amides is 1. The van der Waals surface area contributed by atoms with Crippen LogP contribution in [0.15, 0.2) is 18.2 Å². The first kappa shape index (κ1) is 16.6. The van der Waals surface area contributed by atoms with E-state index in [-0.39, 0.29) is 17.9 Å². The van der Waals surface area contributed by atoms with Gasteiger partial charge in [0, 0.05) is 24.9 Å². The van der Waals surface area contributed by atoms with Crippen molar-refractivity contribution in [2.24, 2.45) is 5.92 Å². The minimum Gasteiger partial charge on any atom is -0.493 e. The molecule has 0 aliphatic carbocycles. The zero-order valence-electron chi connectivity index (χ0n) is 13.7. The highest BCUT2D eigenvalue weighted by molar-refractivity contribution is 5.79. The van der Waals surface area contributed by atoms with E-state index in [1.807, 2.05) is 17.9 Å². The van der Waals surface area contributed by atoms with Crippen LogP contribution in [0.3, 0.4) is 0 Å². The zero-order chi connectivity index (χ0) is 16.3. The van der Waals surface area contributed by atoms with E-state index >= 15 is 0 Å². The number of hydrogen-bond acceptors (Lipinski definition) is 4. The number of benzene rings is 1. The molecule has 5 heteroatoms. The molecule has 22 heavy (non-hydrogen) atoms. The number of methoxy groups -OCH3 is 2. The van der Waals surface area contributed by atoms with E-state index in [1.54, 1.807) is 26.4 Å². The Balaban J connectivity index is 2.15. The number of nitrogens with zero attached hydrogens (tertiary/aromatic N) is 1. The van der Waals surface area contributed by atoms with E-state index in [0.717, 1.165) is 12.0 Å². The number of carbonyl (C=O) groups is 1. The zero-order valence-corrected chi connectivity index (χ0v) is 13.7. The third-order valence-corrected chi connectivity index (χ3v) is 4.51. The highest BCUT2D eigenvalue weighted by Gasteiger charge is 2.36. The molecular weight excluding hydrogens is 282 g/mol. The van der Waals surface area contributed by atoms with Gasteiger partial charge in [-0.25, -0.2) is 0 Å². The molecule has 0 saturated carbocycles. The van der Waals surface area contributed by atoms with Crippen LogP contribution in [0, 0.1) is 5.92 Å². The first-order chi connectivity index (χ1) is 10.5. The summed E-state index contributed by atoms with van der Waals surface area (Å²) in [6, 6.07) is 5.60. The Labute approximate surface area is 131 Å². The average molecular weight is 307 g/mol. The summed E-state index contributed by atoms with van der Waals surface area (Å²) in [6.45, 7) is 4.71. The minimum absolute atomic E-state index is 0.0837. The highest BCUT2D eigenvalue weighted by Crippen LogP contribution is 2.36. The van der Waals surface area contributed by atoms with E-state index in [4.69, 9.17) is 9.47 Å². The van der Waals surface area contributed by atoms with Crippen molar-refractivity contribution in [3.8, 4) is 11.5 Å². The molecule has 1 aromatic carbocycles. The topological polar surface area (TPSA) is 59.0 Å². The summed E-state index contributed by atoms with van der Waals surface area (Å²) < 4.78 is 10.5. The quantitative estimate of drug-likeness (QED) is 0.876. The summed E-state index contributed by atoms with van der Waals surface area (Å²) in [5.41, 5.74) is 0.751. The Kier molecular flexibility index (Phi) is 5.29. The largest absolute Gasteiger partial charge is 0.493 e. The second kappa shape index (κ2) is 7.01. The van der Waals surface area contributed by atoms with Crippen LogP contribution in [0.5, 0.6) is 11.5 Å². The first-order valence-electron chi connectivity index (χ1n) is 7.71. The molecule has 1 aliphatic heterocycles. The van der Waals surface area contributed by atoms with Crippen molar-refractivity contribution in [3.63, 3.8) is 0 Å². The first-order valence-corrected chi connectivity index (χ1v) is 7.71. The number of rotatable bonds is 6. The predicted molar refractivity (Wildman–Crippen MR) is 84.1 cm³/mol. The molecule has 2 rings (SSSR count). The fourth-order valence-corrected chi connectivity index (χ4v) is 2.93. The molecule has 3 unspecified atom stereocenters. The lowest BCUT2D eigenvalue weighted by Crippen LogP contribution is -2.34. The van der Waals surface area contributed by atoms with Crippen LogP contribution < -0.4 is 9.47 Å². The van der Waals surface area contributed by atoms with Gasteiger partial charge in [-0.05, 0) is 31.0 Å². The molecule has 1 aromatic rings. The van der Waals surface area contributed by atoms with E-state index in [9.17, 15) is 9.90 Å². The number of aliphatic hydroxyl groups is 1. The van der Waals surface area contributed by atoms with Crippen molar-refractivity contribution in [2.75, 3.05) is 20.8 Å². The molecule has 1 fully saturated rings. The molecule has 1 N–H and O–H groups in total. The van der Waals surface area contributed by atoms with Gasteiger partial charge < -0.3 is 19.5 Å². The fourth-order valence-electron chi connectivity index (χ4n) is 2.93. The third kappa shape index (κ3) is 3.19. The number of hydrogen-bond donors (Lipinski definition) is 1. The van der Waals surface area contributed by atoms with E-state index < -0.39 is 6.10 Å². The maximum atomic E-state index is 12.1. The summed E-state index contributed by atoms with van der Waals surface area (Å²) in [6.07, 6.45) is 0.628. The van der Waals surface area contributed by atoms with Crippen LogP contribution in [-0.2, 0) is 4.79 Å². The van der Waals surface area contributed by atoms with Crippen molar-refractivity contribution in [1.29, 1.82) is 0 Å². The van der Waals surface area contributed by atoms with Crippen LogP contribution in [-0.4, -0.2) is 42.7 Å². The molecule has 0 bridgehead atoms. The molecule has 1 amide bonds. The Morgan fingerprint density at radius 3 is 2.59 bits per heavy atom. The van der Waals surface area contributed by atoms with Crippen LogP contribution in [0.2, 0.25) is 0 Å². The molecule has 0 spiro atoms. The van der Waals surface area contributed by atoms with Gasteiger partial charge in [-0.15, -0.1) is 0 Å². The number of likely N-dealkylation sites (tertiary alicyclic amines) is 1. The number of aliphatic hydroxyl groups excluding tert-OH is 1. The van der Waals surface area contributed by atoms with Gasteiger partial charge in [-0.3, -0.25) is 4.79 Å². The maximum Gasteiger partial charge on any atom is 0.223 e. The second-order valence-electron chi connectivity index (χ2n) is 5.83. The van der Waals surface area contributed by atoms with Crippen LogP contribution in [0.4, 0.5) is 0 Å². The van der Waals surface area contributed by atoms with E-state index in [0.29, 0.717) is 24.5 Å². The molecule has 122 valence electrons. The number of ether oxygens (including phenoxy) is 2. The monoisotopic (exact) mass is 307 g/mol. The van der Waals surface area contributed by atoms with Crippen LogP contribution >= 0.6 is 0 Å². The molecule has 0 radical (unpaired) electrons. The minimum atomic E-state index is -0.683. The van der Waals surface area contributed by atoms with Crippen molar-refractivity contribution in [3.05, 3.63) is 23.8 Å². The fraction of sp³-hybridized carbons (Fsp3) is 0.588. The van der Waals surface area contributed by atoms with Crippen molar-refractivity contribution in [2.45, 2.75) is 38.8 Å². The van der Waals surface area contributed by atoms with Gasteiger partial charge in [0.2, 0.25) is 5.91 Å². The lowest BCUT2D eigenvalue weighted by atomic mass is 9.94. The summed E-state index contributed by atoms with van der Waals surface area (Å²) in [7, 11) is 3.14. The highest BCUT2D eigenvalue weighted by atomic mass is 16.5. The molecule has 0 aromatic heterocycles. The van der Waals surface area contributed by atoms with E-state index in [2.05, 4.69) is 6.92 Å². The average Bonchev–Trinajstić information content (AvgIpc) is 2.94. The van der Waals surface area contributed by atoms with Crippen molar-refractivity contribution < 1.29 is 19.4 Å². The Morgan fingerprint density at radius 1 is 1.32 bits per heavy atom. The van der Waals surface area contributed by atoms with Gasteiger partial charge in [-0.1, -0.05) is 13.0 Å². The molecule has 1 aliphatic rings. The lowest BCUT2D eigenvalue weighted by Gasteiger charge is -2.25. The molecule has 3 atom stereocenters. The summed E-state index contributed by atoms with van der Waals surface area (Å²) in [5, 5.41) is 10.6. The van der Waals surface area contributed by atoms with Gasteiger partial charge in [0.1, 0.15) is 0 Å². The summed E-state index contributed by atoms with van der Waals surface area (Å²) in [4.78, 5) is 14.0. The Bertz CT molecular complexity index is 531. The second-order valence-corrected chi connectivity index (χ2v) is 5.83. The third-order valence-electron chi connectivity index (χ3n) is 4.51. The lowest BCUT2D eigenvalue weighted by molar-refractivity contribution is -0.129.